The molecule has 0 bridgehead atoms. The second-order valence-corrected chi connectivity index (χ2v) is 8.20. The Kier molecular flexibility index (Phi) is 5.37. The van der Waals surface area contributed by atoms with Crippen LogP contribution in [0.1, 0.15) is 22.0 Å². The van der Waals surface area contributed by atoms with Crippen molar-refractivity contribution in [2.75, 3.05) is 12.0 Å². The average molecular weight is 440 g/mol. The zero-order valence-corrected chi connectivity index (χ0v) is 17.8. The lowest BCUT2D eigenvalue weighted by molar-refractivity contribution is -0.132. The zero-order chi connectivity index (χ0) is 21.4. The van der Waals surface area contributed by atoms with Gasteiger partial charge in [0.25, 0.3) is 11.7 Å². The first kappa shape index (κ1) is 20.2. The lowest BCUT2D eigenvalue weighted by atomic mass is 9.98. The maximum atomic E-state index is 13.1. The van der Waals surface area contributed by atoms with E-state index < -0.39 is 17.7 Å². The lowest BCUT2D eigenvalue weighted by Crippen LogP contribution is -2.29. The van der Waals surface area contributed by atoms with Crippen molar-refractivity contribution in [2.45, 2.75) is 13.0 Å². The van der Waals surface area contributed by atoms with Crippen molar-refractivity contribution in [1.29, 1.82) is 0 Å². The van der Waals surface area contributed by atoms with Crippen LogP contribution in [0.25, 0.3) is 5.76 Å². The molecule has 1 aliphatic rings. The monoisotopic (exact) mass is 439 g/mol. The third kappa shape index (κ3) is 3.28. The van der Waals surface area contributed by atoms with Gasteiger partial charge in [0.05, 0.1) is 18.2 Å². The Morgan fingerprint density at radius 1 is 1.13 bits per heavy atom. The molecule has 4 rings (SSSR count). The molecule has 1 aromatic heterocycles. The molecule has 1 atom stereocenters. The van der Waals surface area contributed by atoms with Crippen LogP contribution in [0.4, 0.5) is 5.69 Å². The van der Waals surface area contributed by atoms with Gasteiger partial charge in [0.1, 0.15) is 17.6 Å². The van der Waals surface area contributed by atoms with Crippen molar-refractivity contribution in [1.82, 2.24) is 0 Å². The average Bonchev–Trinajstić information content (AvgIpc) is 3.28. The first-order valence-corrected chi connectivity index (χ1v) is 10.4. The van der Waals surface area contributed by atoms with Crippen molar-refractivity contribution < 1.29 is 19.4 Å². The van der Waals surface area contributed by atoms with Crippen molar-refractivity contribution in [3.8, 4) is 5.75 Å². The van der Waals surface area contributed by atoms with Crippen LogP contribution in [0.2, 0.25) is 5.02 Å². The molecule has 3 aromatic rings. The van der Waals surface area contributed by atoms with E-state index in [4.69, 9.17) is 16.3 Å². The first-order valence-electron chi connectivity index (χ1n) is 9.18. The van der Waals surface area contributed by atoms with Crippen LogP contribution in [0.5, 0.6) is 5.75 Å². The summed E-state index contributed by atoms with van der Waals surface area (Å²) >= 11 is 7.56. The van der Waals surface area contributed by atoms with E-state index in [0.29, 0.717) is 16.5 Å². The molecular weight excluding hydrogens is 422 g/mol. The topological polar surface area (TPSA) is 66.8 Å². The fraction of sp³-hybridized carbons (Fsp3) is 0.130. The Bertz CT molecular complexity index is 1170. The van der Waals surface area contributed by atoms with Gasteiger partial charge >= 0.3 is 0 Å². The highest BCUT2D eigenvalue weighted by Crippen LogP contribution is 2.45. The highest BCUT2D eigenvalue weighted by Gasteiger charge is 2.48. The fourth-order valence-corrected chi connectivity index (χ4v) is 4.81. The van der Waals surface area contributed by atoms with E-state index in [1.165, 1.54) is 29.4 Å². The second-order valence-electron chi connectivity index (χ2n) is 6.82. The summed E-state index contributed by atoms with van der Waals surface area (Å²) < 4.78 is 5.34. The summed E-state index contributed by atoms with van der Waals surface area (Å²) in [7, 11) is 1.46. The number of aliphatic hydroxyl groups is 1. The molecule has 1 N–H and O–H groups in total. The molecule has 1 unspecified atom stereocenters. The number of thiophene rings is 1. The van der Waals surface area contributed by atoms with Gasteiger partial charge in [-0.15, -0.1) is 11.3 Å². The standard InChI is InChI=1S/C23H18ClNO4S/c1-13-10-11-30-22(13)19-18(20(26)16-12-14(24)8-9-17(16)29-2)21(27)23(28)25(19)15-6-4-3-5-7-15/h3-12,19,26H,1-2H3/b20-18+. The number of rotatable bonds is 4. The molecule has 152 valence electrons. The number of carbonyl (C=O) groups is 2. The van der Waals surface area contributed by atoms with Crippen LogP contribution in [0, 0.1) is 6.92 Å². The minimum Gasteiger partial charge on any atom is -0.507 e. The Balaban J connectivity index is 1.99. The van der Waals surface area contributed by atoms with Crippen molar-refractivity contribution in [2.24, 2.45) is 0 Å². The molecule has 0 saturated carbocycles. The summed E-state index contributed by atoms with van der Waals surface area (Å²) in [6.45, 7) is 1.91. The number of halogens is 1. The first-order chi connectivity index (χ1) is 14.4. The van der Waals surface area contributed by atoms with Gasteiger partial charge in [-0.1, -0.05) is 29.8 Å². The van der Waals surface area contributed by atoms with Gasteiger partial charge in [-0.25, -0.2) is 0 Å². The highest BCUT2D eigenvalue weighted by atomic mass is 35.5. The molecule has 1 amide bonds. The van der Waals surface area contributed by atoms with E-state index in [9.17, 15) is 14.7 Å². The van der Waals surface area contributed by atoms with Crippen molar-refractivity contribution in [3.05, 3.63) is 86.6 Å². The Morgan fingerprint density at radius 3 is 2.50 bits per heavy atom. The number of Topliss-reactive ketones (excluding diaryl/α,β-unsaturated/α-hetero) is 1. The normalized spacial score (nSPS) is 18.1. The van der Waals surface area contributed by atoms with Crippen LogP contribution in [-0.2, 0) is 9.59 Å². The van der Waals surface area contributed by atoms with E-state index in [1.54, 1.807) is 36.4 Å². The number of ether oxygens (including phenoxy) is 1. The van der Waals surface area contributed by atoms with Gasteiger partial charge in [-0.2, -0.15) is 0 Å². The smallest absolute Gasteiger partial charge is 0.300 e. The number of hydrogen-bond acceptors (Lipinski definition) is 5. The predicted octanol–water partition coefficient (Wildman–Crippen LogP) is 5.34. The Labute approximate surface area is 182 Å². The molecule has 7 heteroatoms. The lowest BCUT2D eigenvalue weighted by Gasteiger charge is -2.25. The largest absolute Gasteiger partial charge is 0.507 e. The van der Waals surface area contributed by atoms with Crippen LogP contribution in [0.3, 0.4) is 0 Å². The molecule has 1 fully saturated rings. The van der Waals surface area contributed by atoms with Crippen LogP contribution in [0.15, 0.2) is 65.6 Å². The summed E-state index contributed by atoms with van der Waals surface area (Å²) in [6.07, 6.45) is 0. The van der Waals surface area contributed by atoms with Crippen LogP contribution >= 0.6 is 22.9 Å². The summed E-state index contributed by atoms with van der Waals surface area (Å²) in [5.41, 5.74) is 1.77. The number of hydrogen-bond donors (Lipinski definition) is 1. The number of carbonyl (C=O) groups excluding carboxylic acids is 2. The van der Waals surface area contributed by atoms with E-state index in [2.05, 4.69) is 0 Å². The molecule has 1 saturated heterocycles. The van der Waals surface area contributed by atoms with Gasteiger partial charge in [-0.05, 0) is 54.3 Å². The van der Waals surface area contributed by atoms with Gasteiger partial charge in [0.15, 0.2) is 0 Å². The number of anilines is 1. The van der Waals surface area contributed by atoms with Crippen molar-refractivity contribution in [3.63, 3.8) is 0 Å². The number of aliphatic hydroxyl groups excluding tert-OH is 1. The van der Waals surface area contributed by atoms with E-state index in [1.807, 2.05) is 24.4 Å². The second kappa shape index (κ2) is 7.97. The Hall–Kier alpha value is -3.09. The third-order valence-corrected chi connectivity index (χ3v) is 6.35. The van der Waals surface area contributed by atoms with Gasteiger partial charge < -0.3 is 9.84 Å². The third-order valence-electron chi connectivity index (χ3n) is 5.05. The van der Waals surface area contributed by atoms with Gasteiger partial charge in [0, 0.05) is 15.6 Å². The maximum Gasteiger partial charge on any atom is 0.300 e. The number of para-hydroxylation sites is 1. The minimum absolute atomic E-state index is 0.00923. The van der Waals surface area contributed by atoms with Crippen molar-refractivity contribution >= 4 is 46.1 Å². The predicted molar refractivity (Wildman–Crippen MR) is 118 cm³/mol. The van der Waals surface area contributed by atoms with Crippen LogP contribution in [-0.4, -0.2) is 23.9 Å². The number of nitrogens with zero attached hydrogens (tertiary/aromatic N) is 1. The van der Waals surface area contributed by atoms with E-state index in [-0.39, 0.29) is 16.9 Å². The Morgan fingerprint density at radius 2 is 1.87 bits per heavy atom. The van der Waals surface area contributed by atoms with Crippen LogP contribution < -0.4 is 9.64 Å². The SMILES string of the molecule is COc1ccc(Cl)cc1/C(O)=C1\C(=O)C(=O)N(c2ccccc2)C1c1sccc1C. The highest BCUT2D eigenvalue weighted by molar-refractivity contribution is 7.10. The molecule has 2 heterocycles. The molecule has 5 nitrogen and oxygen atoms in total. The number of ketones is 1. The molecule has 0 spiro atoms. The van der Waals surface area contributed by atoms with E-state index in [0.717, 1.165) is 10.4 Å². The summed E-state index contributed by atoms with van der Waals surface area (Å²) in [5, 5.41) is 13.5. The number of benzene rings is 2. The number of aryl methyl sites for hydroxylation is 1. The molecule has 2 aromatic carbocycles. The summed E-state index contributed by atoms with van der Waals surface area (Å²) in [5.74, 6) is -1.41. The molecule has 0 radical (unpaired) electrons. The number of amides is 1. The summed E-state index contributed by atoms with van der Waals surface area (Å²) in [4.78, 5) is 28.4. The quantitative estimate of drug-likeness (QED) is 0.338. The van der Waals surface area contributed by atoms with Gasteiger partial charge in [0.2, 0.25) is 0 Å². The van der Waals surface area contributed by atoms with E-state index >= 15 is 0 Å². The fourth-order valence-electron chi connectivity index (χ4n) is 3.61. The molecule has 30 heavy (non-hydrogen) atoms. The van der Waals surface area contributed by atoms with Gasteiger partial charge in [-0.3, -0.25) is 14.5 Å². The number of methoxy groups -OCH3 is 1. The molecule has 0 aliphatic carbocycles. The summed E-state index contributed by atoms with van der Waals surface area (Å²) in [6, 6.07) is 14.9. The maximum absolute atomic E-state index is 13.1. The molecular formula is C23H18ClNO4S. The zero-order valence-electron chi connectivity index (χ0n) is 16.3. The molecule has 1 aliphatic heterocycles. The minimum atomic E-state index is -0.754.